The molecule has 1 saturated carbocycles. The Hall–Kier alpha value is 0.310. The van der Waals surface area contributed by atoms with Gasteiger partial charge in [-0.1, -0.05) is 12.8 Å². The first kappa shape index (κ1) is 13.4. The molecule has 0 heterocycles. The van der Waals surface area contributed by atoms with Gasteiger partial charge in [-0.2, -0.15) is 11.8 Å². The van der Waals surface area contributed by atoms with Gasteiger partial charge in [-0.15, -0.1) is 0 Å². The zero-order chi connectivity index (χ0) is 11.3. The summed E-state index contributed by atoms with van der Waals surface area (Å²) in [4.78, 5) is 0. The zero-order valence-electron chi connectivity index (χ0n) is 10.8. The smallest absolute Gasteiger partial charge is 0.00966 e. The zero-order valence-corrected chi connectivity index (χ0v) is 11.6. The van der Waals surface area contributed by atoms with Crippen molar-refractivity contribution >= 4 is 11.8 Å². The molecule has 0 amide bonds. The predicted octanol–water partition coefficient (Wildman–Crippen LogP) is 3.54. The van der Waals surface area contributed by atoms with E-state index in [9.17, 15) is 0 Å². The second kappa shape index (κ2) is 6.15. The highest BCUT2D eigenvalue weighted by molar-refractivity contribution is 7.98. The summed E-state index contributed by atoms with van der Waals surface area (Å²) < 4.78 is 0. The molecule has 0 aromatic carbocycles. The molecule has 0 spiro atoms. The van der Waals surface area contributed by atoms with Crippen molar-refractivity contribution in [2.75, 3.05) is 18.6 Å². The van der Waals surface area contributed by atoms with Gasteiger partial charge >= 0.3 is 0 Å². The van der Waals surface area contributed by atoms with Gasteiger partial charge in [0.05, 0.1) is 0 Å². The van der Waals surface area contributed by atoms with E-state index in [2.05, 4.69) is 32.3 Å². The molecule has 1 aliphatic rings. The van der Waals surface area contributed by atoms with Gasteiger partial charge in [-0.25, -0.2) is 0 Å². The Morgan fingerprint density at radius 3 is 2.47 bits per heavy atom. The lowest BCUT2D eigenvalue weighted by atomic mass is 9.92. The van der Waals surface area contributed by atoms with E-state index in [1.807, 2.05) is 11.8 Å². The van der Waals surface area contributed by atoms with Crippen LogP contribution in [0.2, 0.25) is 0 Å². The lowest BCUT2D eigenvalue weighted by Crippen LogP contribution is -2.39. The Kier molecular flexibility index (Phi) is 5.48. The summed E-state index contributed by atoms with van der Waals surface area (Å²) in [6, 6.07) is 0. The van der Waals surface area contributed by atoms with Gasteiger partial charge in [-0.3, -0.25) is 0 Å². The molecule has 0 radical (unpaired) electrons. The van der Waals surface area contributed by atoms with Crippen molar-refractivity contribution in [3.05, 3.63) is 0 Å². The van der Waals surface area contributed by atoms with E-state index in [-0.39, 0.29) is 5.54 Å². The maximum atomic E-state index is 3.66. The highest BCUT2D eigenvalue weighted by atomic mass is 32.2. The van der Waals surface area contributed by atoms with E-state index < -0.39 is 0 Å². The average Bonchev–Trinajstić information content (AvgIpc) is 2.57. The molecule has 0 saturated heterocycles. The summed E-state index contributed by atoms with van der Waals surface area (Å²) in [6.07, 6.45) is 8.02. The molecule has 1 rings (SSSR count). The van der Waals surface area contributed by atoms with Crippen LogP contribution in [0.25, 0.3) is 0 Å². The van der Waals surface area contributed by atoms with Gasteiger partial charge in [-0.05, 0) is 64.0 Å². The van der Waals surface area contributed by atoms with Crippen LogP contribution in [0.5, 0.6) is 0 Å². The Bertz CT molecular complexity index is 174. The van der Waals surface area contributed by atoms with E-state index in [0.717, 1.165) is 11.8 Å². The third-order valence-electron chi connectivity index (χ3n) is 3.40. The molecule has 2 heteroatoms. The average molecular weight is 229 g/mol. The molecular formula is C13H27NS. The fourth-order valence-corrected chi connectivity index (χ4v) is 3.01. The van der Waals surface area contributed by atoms with E-state index in [0.29, 0.717) is 0 Å². The van der Waals surface area contributed by atoms with Crippen LogP contribution in [0.3, 0.4) is 0 Å². The van der Waals surface area contributed by atoms with Gasteiger partial charge in [0.1, 0.15) is 0 Å². The molecule has 0 aromatic rings. The molecule has 0 aromatic heterocycles. The third kappa shape index (κ3) is 5.26. The van der Waals surface area contributed by atoms with Crippen molar-refractivity contribution in [2.45, 2.75) is 52.0 Å². The van der Waals surface area contributed by atoms with Crippen molar-refractivity contribution < 1.29 is 0 Å². The first-order valence-electron chi connectivity index (χ1n) is 6.27. The van der Waals surface area contributed by atoms with Crippen molar-refractivity contribution in [2.24, 2.45) is 11.8 Å². The van der Waals surface area contributed by atoms with Crippen molar-refractivity contribution in [1.29, 1.82) is 0 Å². The van der Waals surface area contributed by atoms with Crippen LogP contribution in [0.1, 0.15) is 46.5 Å². The number of rotatable bonds is 5. The summed E-state index contributed by atoms with van der Waals surface area (Å²) in [6.45, 7) is 8.01. The molecule has 90 valence electrons. The molecule has 1 aliphatic carbocycles. The van der Waals surface area contributed by atoms with Crippen molar-refractivity contribution in [3.8, 4) is 0 Å². The molecule has 1 N–H and O–H groups in total. The maximum Gasteiger partial charge on any atom is 0.00966 e. The van der Waals surface area contributed by atoms with E-state index in [4.69, 9.17) is 0 Å². The predicted molar refractivity (Wildman–Crippen MR) is 71.6 cm³/mol. The van der Waals surface area contributed by atoms with E-state index >= 15 is 0 Å². The molecule has 1 fully saturated rings. The normalized spacial score (nSPS) is 27.2. The van der Waals surface area contributed by atoms with Gasteiger partial charge in [0.25, 0.3) is 0 Å². The minimum atomic E-state index is 0.284. The first-order valence-corrected chi connectivity index (χ1v) is 7.66. The SMILES string of the molecule is CSCCC1CCCC1CNC(C)(C)C. The molecule has 2 unspecified atom stereocenters. The third-order valence-corrected chi connectivity index (χ3v) is 4.05. The largest absolute Gasteiger partial charge is 0.312 e. The summed E-state index contributed by atoms with van der Waals surface area (Å²) >= 11 is 1.99. The monoisotopic (exact) mass is 229 g/mol. The second-order valence-corrected chi connectivity index (χ2v) is 6.85. The topological polar surface area (TPSA) is 12.0 Å². The van der Waals surface area contributed by atoms with E-state index in [1.54, 1.807) is 0 Å². The Labute approximate surface area is 99.8 Å². The van der Waals surface area contributed by atoms with Gasteiger partial charge in [0.2, 0.25) is 0 Å². The number of thioether (sulfide) groups is 1. The molecule has 0 bridgehead atoms. The lowest BCUT2D eigenvalue weighted by molar-refractivity contribution is 0.314. The van der Waals surface area contributed by atoms with Gasteiger partial charge in [0.15, 0.2) is 0 Å². The first-order chi connectivity index (χ1) is 7.03. The summed E-state index contributed by atoms with van der Waals surface area (Å²) in [5.74, 6) is 3.28. The van der Waals surface area contributed by atoms with Crippen LogP contribution in [0.4, 0.5) is 0 Å². The van der Waals surface area contributed by atoms with Gasteiger partial charge in [0, 0.05) is 5.54 Å². The van der Waals surface area contributed by atoms with E-state index in [1.165, 1.54) is 38.0 Å². The van der Waals surface area contributed by atoms with Crippen molar-refractivity contribution in [3.63, 3.8) is 0 Å². The maximum absolute atomic E-state index is 3.66. The Balaban J connectivity index is 2.27. The minimum Gasteiger partial charge on any atom is -0.312 e. The Morgan fingerprint density at radius 2 is 1.87 bits per heavy atom. The summed E-state index contributed by atoms with van der Waals surface area (Å²) in [7, 11) is 0. The number of nitrogens with one attached hydrogen (secondary N) is 1. The fourth-order valence-electron chi connectivity index (χ4n) is 2.47. The summed E-state index contributed by atoms with van der Waals surface area (Å²) in [5.41, 5.74) is 0.284. The molecule has 15 heavy (non-hydrogen) atoms. The van der Waals surface area contributed by atoms with Crippen LogP contribution in [-0.2, 0) is 0 Å². The number of hydrogen-bond acceptors (Lipinski definition) is 2. The van der Waals surface area contributed by atoms with Gasteiger partial charge < -0.3 is 5.32 Å². The lowest BCUT2D eigenvalue weighted by Gasteiger charge is -2.26. The van der Waals surface area contributed by atoms with Crippen LogP contribution in [-0.4, -0.2) is 24.1 Å². The highest BCUT2D eigenvalue weighted by Crippen LogP contribution is 2.34. The van der Waals surface area contributed by atoms with Crippen LogP contribution in [0, 0.1) is 11.8 Å². The Morgan fingerprint density at radius 1 is 1.20 bits per heavy atom. The molecule has 1 nitrogen and oxygen atoms in total. The van der Waals surface area contributed by atoms with Crippen molar-refractivity contribution in [1.82, 2.24) is 5.32 Å². The quantitative estimate of drug-likeness (QED) is 0.774. The molecule has 0 aliphatic heterocycles. The summed E-state index contributed by atoms with van der Waals surface area (Å²) in [5, 5.41) is 3.66. The minimum absolute atomic E-state index is 0.284. The standard InChI is InChI=1S/C13H27NS/c1-13(2,3)14-10-12-7-5-6-11(12)8-9-15-4/h11-12,14H,5-10H2,1-4H3. The molecular weight excluding hydrogens is 202 g/mol. The molecule has 2 atom stereocenters. The van der Waals surface area contributed by atoms with Crippen LogP contribution < -0.4 is 5.32 Å². The fraction of sp³-hybridized carbons (Fsp3) is 1.00. The van der Waals surface area contributed by atoms with Crippen LogP contribution in [0.15, 0.2) is 0 Å². The second-order valence-electron chi connectivity index (χ2n) is 5.86. The highest BCUT2D eigenvalue weighted by Gasteiger charge is 2.27. The van der Waals surface area contributed by atoms with Crippen LogP contribution >= 0.6 is 11.8 Å². The number of hydrogen-bond donors (Lipinski definition) is 1.